The first-order valence-electron chi connectivity index (χ1n) is 11.9. The minimum Gasteiger partial charge on any atom is -0.350 e. The van der Waals surface area contributed by atoms with E-state index in [9.17, 15) is 0 Å². The molecule has 0 spiro atoms. The van der Waals surface area contributed by atoms with Gasteiger partial charge in [0.15, 0.2) is 0 Å². The van der Waals surface area contributed by atoms with Crippen LogP contribution in [0.5, 0.6) is 0 Å². The van der Waals surface area contributed by atoms with E-state index in [1.165, 1.54) is 11.4 Å². The predicted molar refractivity (Wildman–Crippen MR) is 141 cm³/mol. The van der Waals surface area contributed by atoms with Crippen molar-refractivity contribution in [2.45, 2.75) is 57.8 Å². The van der Waals surface area contributed by atoms with Gasteiger partial charge in [0.2, 0.25) is 0 Å². The van der Waals surface area contributed by atoms with E-state index in [1.54, 1.807) is 0 Å². The van der Waals surface area contributed by atoms with Crippen molar-refractivity contribution in [1.82, 2.24) is 9.80 Å². The molecular formula is C29H37N2P. The molecule has 0 saturated heterocycles. The Labute approximate surface area is 197 Å². The molecule has 0 aromatic carbocycles. The van der Waals surface area contributed by atoms with E-state index in [4.69, 9.17) is 0 Å². The predicted octanol–water partition coefficient (Wildman–Crippen LogP) is 6.82. The average Bonchev–Trinajstić information content (AvgIpc) is 3.03. The van der Waals surface area contributed by atoms with Crippen LogP contribution in [0.3, 0.4) is 0 Å². The average molecular weight is 445 g/mol. The number of allylic oxidation sites excluding steroid dienone is 9. The molecule has 0 aromatic heterocycles. The molecule has 0 radical (unpaired) electrons. The molecule has 168 valence electrons. The summed E-state index contributed by atoms with van der Waals surface area (Å²) in [6.07, 6.45) is 30.3. The van der Waals surface area contributed by atoms with Crippen LogP contribution in [0.25, 0.3) is 0 Å². The maximum atomic E-state index is 3.47. The van der Waals surface area contributed by atoms with Crippen LogP contribution in [-0.4, -0.2) is 34.2 Å². The normalized spacial score (nSPS) is 25.4. The lowest BCUT2D eigenvalue weighted by Crippen LogP contribution is -2.55. The van der Waals surface area contributed by atoms with Crippen molar-refractivity contribution in [3.63, 3.8) is 0 Å². The van der Waals surface area contributed by atoms with Crippen LogP contribution in [0.1, 0.15) is 46.5 Å². The van der Waals surface area contributed by atoms with Gasteiger partial charge in [0.05, 0.1) is 5.70 Å². The molecule has 2 unspecified atom stereocenters. The van der Waals surface area contributed by atoms with E-state index in [2.05, 4.69) is 118 Å². The lowest BCUT2D eigenvalue weighted by atomic mass is 9.84. The highest BCUT2D eigenvalue weighted by molar-refractivity contribution is 7.19. The largest absolute Gasteiger partial charge is 0.350 e. The fraction of sp³-hybridized carbons (Fsp3) is 0.414. The molecule has 0 aromatic rings. The van der Waals surface area contributed by atoms with E-state index >= 15 is 0 Å². The third kappa shape index (κ3) is 6.07. The number of rotatable bonds is 7. The van der Waals surface area contributed by atoms with Crippen LogP contribution < -0.4 is 0 Å². The Morgan fingerprint density at radius 1 is 1.09 bits per heavy atom. The minimum absolute atomic E-state index is 0.0327. The Balaban J connectivity index is 2.17. The van der Waals surface area contributed by atoms with E-state index < -0.39 is 0 Å². The molecule has 0 amide bonds. The van der Waals surface area contributed by atoms with Gasteiger partial charge in [-0.3, -0.25) is 0 Å². The molecule has 2 aliphatic carbocycles. The highest BCUT2D eigenvalue weighted by Gasteiger charge is 2.40. The van der Waals surface area contributed by atoms with Gasteiger partial charge < -0.3 is 9.80 Å². The Hall–Kier alpha value is -2.45. The van der Waals surface area contributed by atoms with Crippen LogP contribution >= 0.6 is 9.24 Å². The van der Waals surface area contributed by atoms with Gasteiger partial charge in [-0.05, 0) is 42.9 Å². The smallest absolute Gasteiger partial charge is 0.106 e. The van der Waals surface area contributed by atoms with Crippen LogP contribution in [0.15, 0.2) is 101 Å². The summed E-state index contributed by atoms with van der Waals surface area (Å²) in [4.78, 5) is 5.15. The lowest BCUT2D eigenvalue weighted by molar-refractivity contribution is 0.0468. The zero-order valence-corrected chi connectivity index (χ0v) is 21.0. The Kier molecular flexibility index (Phi) is 9.05. The van der Waals surface area contributed by atoms with Gasteiger partial charge in [0.1, 0.15) is 6.17 Å². The van der Waals surface area contributed by atoms with Gasteiger partial charge in [0.25, 0.3) is 0 Å². The van der Waals surface area contributed by atoms with Crippen molar-refractivity contribution in [1.29, 1.82) is 0 Å². The minimum atomic E-state index is -0.0327. The molecule has 1 heterocycles. The molecule has 3 rings (SSSR count). The van der Waals surface area contributed by atoms with Gasteiger partial charge in [-0.15, -0.1) is 15.0 Å². The molecule has 3 heteroatoms. The second-order valence-corrected chi connectivity index (χ2v) is 9.92. The Bertz CT molecular complexity index is 969. The molecule has 0 saturated carbocycles. The van der Waals surface area contributed by atoms with Gasteiger partial charge >= 0.3 is 0 Å². The summed E-state index contributed by atoms with van der Waals surface area (Å²) in [5, 5.41) is -0.0327. The highest BCUT2D eigenvalue weighted by Crippen LogP contribution is 2.40. The zero-order valence-electron chi connectivity index (χ0n) is 19.8. The quantitative estimate of drug-likeness (QED) is 0.241. The maximum Gasteiger partial charge on any atom is 0.106 e. The molecule has 0 bridgehead atoms. The molecule has 0 N–H and O–H groups in total. The summed E-state index contributed by atoms with van der Waals surface area (Å²) in [7, 11) is 3.17. The van der Waals surface area contributed by atoms with Crippen molar-refractivity contribution in [3.8, 4) is 0 Å². The number of hydrogen-bond acceptors (Lipinski definition) is 2. The van der Waals surface area contributed by atoms with Crippen molar-refractivity contribution in [2.75, 3.05) is 13.1 Å². The first-order chi connectivity index (χ1) is 15.6. The molecule has 1 aliphatic heterocycles. The molecule has 2 nitrogen and oxygen atoms in total. The summed E-state index contributed by atoms with van der Waals surface area (Å²) < 4.78 is 0. The fourth-order valence-corrected chi connectivity index (χ4v) is 5.21. The van der Waals surface area contributed by atoms with Crippen molar-refractivity contribution >= 4 is 9.24 Å². The molecule has 3 aliphatic rings. The van der Waals surface area contributed by atoms with Gasteiger partial charge in [-0.1, -0.05) is 75.1 Å². The fourth-order valence-electron chi connectivity index (χ4n) is 4.67. The lowest BCUT2D eigenvalue weighted by Gasteiger charge is -2.50. The summed E-state index contributed by atoms with van der Waals surface area (Å²) in [6, 6.07) is 0. The summed E-state index contributed by atoms with van der Waals surface area (Å²) in [6.45, 7) is 8.61. The van der Waals surface area contributed by atoms with Crippen LogP contribution in [0.2, 0.25) is 0 Å². The third-order valence-corrected chi connectivity index (χ3v) is 6.92. The van der Waals surface area contributed by atoms with Gasteiger partial charge in [0, 0.05) is 42.7 Å². The van der Waals surface area contributed by atoms with Crippen LogP contribution in [0, 0.1) is 5.92 Å². The first-order valence-corrected chi connectivity index (χ1v) is 12.4. The topological polar surface area (TPSA) is 6.48 Å². The number of nitrogens with zero attached hydrogens (tertiary/aromatic N) is 2. The van der Waals surface area contributed by atoms with Crippen LogP contribution in [0.4, 0.5) is 0 Å². The molecular weight excluding hydrogens is 407 g/mol. The zero-order chi connectivity index (χ0) is 22.8. The monoisotopic (exact) mass is 444 g/mol. The van der Waals surface area contributed by atoms with Gasteiger partial charge in [-0.2, -0.15) is 0 Å². The van der Waals surface area contributed by atoms with E-state index in [1.807, 2.05) is 12.2 Å². The highest BCUT2D eigenvalue weighted by atomic mass is 31.0. The maximum absolute atomic E-state index is 3.47. The van der Waals surface area contributed by atoms with Gasteiger partial charge in [-0.25, -0.2) is 0 Å². The summed E-state index contributed by atoms with van der Waals surface area (Å²) in [5.74, 6) is 0.386. The number of hydrogen-bond donors (Lipinski definition) is 0. The molecule has 32 heavy (non-hydrogen) atoms. The van der Waals surface area contributed by atoms with Crippen molar-refractivity contribution in [3.05, 3.63) is 101 Å². The standard InChI is InChI=1S/C29H37N2P/c1-4-6-22-29(3,32)27(5-2)28-30(25-18-12-7-8-13-19-25)23-16-9-10-17-24-31(28)26-20-14-11-15-21-26/h6-10,12,14-17,20,22,27-28H,4-5,18,21,23-24,32H2,1-3H3/b16-9-,17-10-,22-6?/t27-,28?,29-/m1/s1. The third-order valence-electron chi connectivity index (χ3n) is 6.30. The first kappa shape index (κ1) is 24.2. The van der Waals surface area contributed by atoms with E-state index in [0.717, 1.165) is 38.8 Å². The second kappa shape index (κ2) is 12.0. The SMILES string of the molecule is CCC=C[C@@](C)(P)[C@H](CC)C1N(C2=C=C=CC=CC2)C/C=C\C=C/CN1C1=CC=C=CC1. The van der Waals surface area contributed by atoms with Crippen molar-refractivity contribution in [2.24, 2.45) is 5.92 Å². The van der Waals surface area contributed by atoms with E-state index in [0.29, 0.717) is 5.92 Å². The molecule has 4 atom stereocenters. The summed E-state index contributed by atoms with van der Waals surface area (Å²) >= 11 is 0. The van der Waals surface area contributed by atoms with Crippen LogP contribution in [-0.2, 0) is 0 Å². The second-order valence-electron chi connectivity index (χ2n) is 8.68. The summed E-state index contributed by atoms with van der Waals surface area (Å²) in [5.41, 5.74) is 12.5. The molecule has 0 fully saturated rings. The Morgan fingerprint density at radius 3 is 2.56 bits per heavy atom. The van der Waals surface area contributed by atoms with Crippen molar-refractivity contribution < 1.29 is 0 Å². The Morgan fingerprint density at radius 2 is 1.88 bits per heavy atom. The van der Waals surface area contributed by atoms with E-state index in [-0.39, 0.29) is 11.3 Å².